The van der Waals surface area contributed by atoms with Crippen molar-refractivity contribution in [2.24, 2.45) is 0 Å². The molecule has 3 aromatic heterocycles. The lowest BCUT2D eigenvalue weighted by molar-refractivity contribution is 0.000773. The summed E-state index contributed by atoms with van der Waals surface area (Å²) in [5.74, 6) is 0.863. The van der Waals surface area contributed by atoms with Crippen LogP contribution in [0.5, 0.6) is 5.75 Å². The highest BCUT2D eigenvalue weighted by Crippen LogP contribution is 2.35. The van der Waals surface area contributed by atoms with Crippen LogP contribution in [-0.4, -0.2) is 52.7 Å². The zero-order chi connectivity index (χ0) is 19.3. The summed E-state index contributed by atoms with van der Waals surface area (Å²) >= 11 is 0. The first-order valence-corrected chi connectivity index (χ1v) is 10.1. The zero-order valence-corrected chi connectivity index (χ0v) is 16.6. The van der Waals surface area contributed by atoms with E-state index in [1.54, 1.807) is 12.4 Å². The maximum absolute atomic E-state index is 6.15. The highest BCUT2D eigenvalue weighted by molar-refractivity contribution is 5.98. The quantitative estimate of drug-likeness (QED) is 0.671. The van der Waals surface area contributed by atoms with E-state index in [0.717, 1.165) is 66.0 Å². The molecule has 3 aromatic rings. The number of aromatic nitrogens is 3. The third-order valence-corrected chi connectivity index (χ3v) is 5.24. The Morgan fingerprint density at radius 2 is 2.00 bits per heavy atom. The lowest BCUT2D eigenvalue weighted by Gasteiger charge is -2.28. The highest BCUT2D eigenvalue weighted by Gasteiger charge is 2.19. The SMILES string of the molecule is CCCOc1cc(COC2CCN(C)CC2)nc2[nH]cc(-c3ccncc3)c12. The number of nitrogens with zero attached hydrogens (tertiary/aromatic N) is 3. The molecule has 1 aliphatic heterocycles. The molecular formula is C22H28N4O2. The Labute approximate surface area is 165 Å². The molecule has 1 N–H and O–H groups in total. The second-order valence-electron chi connectivity index (χ2n) is 7.44. The lowest BCUT2D eigenvalue weighted by Crippen LogP contribution is -2.34. The maximum Gasteiger partial charge on any atom is 0.142 e. The molecule has 0 radical (unpaired) electrons. The molecule has 0 atom stereocenters. The normalized spacial score (nSPS) is 15.9. The van der Waals surface area contributed by atoms with Gasteiger partial charge in [0.1, 0.15) is 11.4 Å². The van der Waals surface area contributed by atoms with Crippen LogP contribution in [0.4, 0.5) is 0 Å². The average molecular weight is 380 g/mol. The van der Waals surface area contributed by atoms with Crippen LogP contribution in [0.15, 0.2) is 36.8 Å². The summed E-state index contributed by atoms with van der Waals surface area (Å²) in [6.07, 6.45) is 9.02. The number of piperidine rings is 1. The summed E-state index contributed by atoms with van der Waals surface area (Å²) in [6, 6.07) is 6.04. The number of nitrogens with one attached hydrogen (secondary N) is 1. The van der Waals surface area contributed by atoms with Crippen molar-refractivity contribution in [3.63, 3.8) is 0 Å². The molecule has 1 aliphatic rings. The topological polar surface area (TPSA) is 63.3 Å². The van der Waals surface area contributed by atoms with Crippen LogP contribution in [0.2, 0.25) is 0 Å². The van der Waals surface area contributed by atoms with Gasteiger partial charge in [0.15, 0.2) is 0 Å². The van der Waals surface area contributed by atoms with Crippen molar-refractivity contribution in [3.05, 3.63) is 42.5 Å². The summed E-state index contributed by atoms with van der Waals surface area (Å²) in [5.41, 5.74) is 3.92. The van der Waals surface area contributed by atoms with Gasteiger partial charge in [0.2, 0.25) is 0 Å². The van der Waals surface area contributed by atoms with Crippen molar-refractivity contribution in [1.29, 1.82) is 0 Å². The molecule has 4 heterocycles. The average Bonchev–Trinajstić information content (AvgIpc) is 3.16. The van der Waals surface area contributed by atoms with E-state index in [1.165, 1.54) is 0 Å². The van der Waals surface area contributed by atoms with Gasteiger partial charge in [-0.1, -0.05) is 6.92 Å². The van der Waals surface area contributed by atoms with Gasteiger partial charge in [-0.05, 0) is 44.0 Å². The van der Waals surface area contributed by atoms with Crippen molar-refractivity contribution in [2.75, 3.05) is 26.7 Å². The molecule has 4 rings (SSSR count). The fourth-order valence-corrected chi connectivity index (χ4v) is 3.66. The van der Waals surface area contributed by atoms with Crippen LogP contribution >= 0.6 is 0 Å². The Balaban J connectivity index is 1.60. The van der Waals surface area contributed by atoms with E-state index in [4.69, 9.17) is 14.5 Å². The van der Waals surface area contributed by atoms with Gasteiger partial charge in [-0.3, -0.25) is 4.98 Å². The number of hydrogen-bond donors (Lipinski definition) is 1. The molecule has 6 heteroatoms. The van der Waals surface area contributed by atoms with Crippen LogP contribution in [0.3, 0.4) is 0 Å². The maximum atomic E-state index is 6.15. The molecule has 28 heavy (non-hydrogen) atoms. The molecule has 0 unspecified atom stereocenters. The molecule has 6 nitrogen and oxygen atoms in total. The number of likely N-dealkylation sites (tertiary alicyclic amines) is 1. The second kappa shape index (κ2) is 8.71. The van der Waals surface area contributed by atoms with Crippen LogP contribution < -0.4 is 4.74 Å². The van der Waals surface area contributed by atoms with E-state index in [1.807, 2.05) is 24.4 Å². The Hall–Kier alpha value is -2.44. The fraction of sp³-hybridized carbons (Fsp3) is 0.455. The zero-order valence-electron chi connectivity index (χ0n) is 16.6. The molecule has 0 aromatic carbocycles. The first-order chi connectivity index (χ1) is 13.7. The van der Waals surface area contributed by atoms with Gasteiger partial charge in [0, 0.05) is 43.3 Å². The van der Waals surface area contributed by atoms with Crippen LogP contribution in [0.1, 0.15) is 31.9 Å². The molecule has 0 aliphatic carbocycles. The molecule has 0 bridgehead atoms. The van der Waals surface area contributed by atoms with Gasteiger partial charge in [0.05, 0.1) is 30.4 Å². The third-order valence-electron chi connectivity index (χ3n) is 5.24. The Kier molecular flexibility index (Phi) is 5.88. The minimum Gasteiger partial charge on any atom is -0.493 e. The van der Waals surface area contributed by atoms with Crippen molar-refractivity contribution in [1.82, 2.24) is 19.9 Å². The van der Waals surface area contributed by atoms with E-state index in [2.05, 4.69) is 28.8 Å². The molecule has 1 fully saturated rings. The summed E-state index contributed by atoms with van der Waals surface area (Å²) in [5, 5.41) is 1.02. The molecule has 0 amide bonds. The van der Waals surface area contributed by atoms with Crippen molar-refractivity contribution < 1.29 is 9.47 Å². The summed E-state index contributed by atoms with van der Waals surface area (Å²) < 4.78 is 12.2. The number of hydrogen-bond acceptors (Lipinski definition) is 5. The number of pyridine rings is 2. The van der Waals surface area contributed by atoms with Crippen molar-refractivity contribution in [2.45, 2.75) is 38.9 Å². The fourth-order valence-electron chi connectivity index (χ4n) is 3.66. The minimum atomic E-state index is 0.310. The number of fused-ring (bicyclic) bond motifs is 1. The lowest BCUT2D eigenvalue weighted by atomic mass is 10.1. The van der Waals surface area contributed by atoms with Gasteiger partial charge in [0.25, 0.3) is 0 Å². The van der Waals surface area contributed by atoms with E-state index in [9.17, 15) is 0 Å². The van der Waals surface area contributed by atoms with Crippen LogP contribution in [0, 0.1) is 0 Å². The Morgan fingerprint density at radius 3 is 2.75 bits per heavy atom. The smallest absolute Gasteiger partial charge is 0.142 e. The predicted octanol–water partition coefficient (Wildman–Crippen LogP) is 4.02. The number of aromatic amines is 1. The number of ether oxygens (including phenoxy) is 2. The summed E-state index contributed by atoms with van der Waals surface area (Å²) in [7, 11) is 2.16. The monoisotopic (exact) mass is 380 g/mol. The molecule has 148 valence electrons. The predicted molar refractivity (Wildman–Crippen MR) is 110 cm³/mol. The van der Waals surface area contributed by atoms with E-state index in [0.29, 0.717) is 19.3 Å². The van der Waals surface area contributed by atoms with E-state index < -0.39 is 0 Å². The summed E-state index contributed by atoms with van der Waals surface area (Å²) in [6.45, 7) is 5.48. The highest BCUT2D eigenvalue weighted by atomic mass is 16.5. The molecule has 1 saturated heterocycles. The Morgan fingerprint density at radius 1 is 1.21 bits per heavy atom. The number of H-pyrrole nitrogens is 1. The van der Waals surface area contributed by atoms with Crippen molar-refractivity contribution in [3.8, 4) is 16.9 Å². The Bertz CT molecular complexity index is 902. The summed E-state index contributed by atoms with van der Waals surface area (Å²) in [4.78, 5) is 14.6. The first kappa shape index (κ1) is 18.9. The van der Waals surface area contributed by atoms with E-state index >= 15 is 0 Å². The van der Waals surface area contributed by atoms with E-state index in [-0.39, 0.29) is 0 Å². The van der Waals surface area contributed by atoms with Gasteiger partial charge in [-0.15, -0.1) is 0 Å². The molecule has 0 saturated carbocycles. The van der Waals surface area contributed by atoms with Gasteiger partial charge in [-0.25, -0.2) is 4.98 Å². The van der Waals surface area contributed by atoms with Crippen LogP contribution in [-0.2, 0) is 11.3 Å². The largest absolute Gasteiger partial charge is 0.493 e. The standard InChI is InChI=1S/C22H28N4O2/c1-3-12-27-20-13-17(15-28-18-6-10-26(2)11-7-18)25-22-21(20)19(14-24-22)16-4-8-23-9-5-16/h4-5,8-9,13-14,18H,3,6-7,10-12,15H2,1-2H3,(H,24,25). The number of rotatable bonds is 7. The molecular weight excluding hydrogens is 352 g/mol. The first-order valence-electron chi connectivity index (χ1n) is 10.1. The van der Waals surface area contributed by atoms with Gasteiger partial charge in [-0.2, -0.15) is 0 Å². The van der Waals surface area contributed by atoms with Crippen molar-refractivity contribution >= 4 is 11.0 Å². The van der Waals surface area contributed by atoms with Gasteiger partial charge >= 0.3 is 0 Å². The van der Waals surface area contributed by atoms with Crippen LogP contribution in [0.25, 0.3) is 22.2 Å². The minimum absolute atomic E-state index is 0.310. The molecule has 0 spiro atoms. The third kappa shape index (κ3) is 4.18. The second-order valence-corrected chi connectivity index (χ2v) is 7.44. The van der Waals surface area contributed by atoms with Gasteiger partial charge < -0.3 is 19.4 Å².